The van der Waals surface area contributed by atoms with Gasteiger partial charge in [0.25, 0.3) is 5.69 Å². The molecule has 6 heteroatoms. The number of hydrogen-bond acceptors (Lipinski definition) is 4. The van der Waals surface area contributed by atoms with Crippen molar-refractivity contribution in [2.45, 2.75) is 13.8 Å². The third kappa shape index (κ3) is 2.88. The summed E-state index contributed by atoms with van der Waals surface area (Å²) in [5.41, 5.74) is 0.629. The van der Waals surface area contributed by atoms with Crippen LogP contribution in [0.2, 0.25) is 0 Å². The molecule has 0 aromatic heterocycles. The van der Waals surface area contributed by atoms with E-state index in [9.17, 15) is 14.7 Å². The maximum Gasteiger partial charge on any atom is 0.282 e. The van der Waals surface area contributed by atoms with Gasteiger partial charge in [-0.15, -0.1) is 0 Å². The number of aryl methyl sites for hydroxylation is 1. The molecule has 0 radical (unpaired) electrons. The van der Waals surface area contributed by atoms with Gasteiger partial charge in [0.15, 0.2) is 0 Å². The third-order valence-electron chi connectivity index (χ3n) is 1.85. The van der Waals surface area contributed by atoms with Gasteiger partial charge in [0.05, 0.1) is 11.5 Å². The van der Waals surface area contributed by atoms with Crippen LogP contribution in [0.1, 0.15) is 12.5 Å². The second kappa shape index (κ2) is 5.05. The zero-order valence-corrected chi connectivity index (χ0v) is 9.52. The lowest BCUT2D eigenvalue weighted by molar-refractivity contribution is -0.383. The van der Waals surface area contributed by atoms with E-state index in [-0.39, 0.29) is 17.6 Å². The maximum atomic E-state index is 11.5. The number of benzene rings is 1. The second-order valence-corrected chi connectivity index (χ2v) is 4.40. The Morgan fingerprint density at radius 2 is 2.20 bits per heavy atom. The molecule has 0 N–H and O–H groups in total. The highest BCUT2D eigenvalue weighted by Crippen LogP contribution is 2.27. The first-order valence-electron chi connectivity index (χ1n) is 4.48. The molecule has 0 saturated heterocycles. The fraction of sp³-hybridized carbons (Fsp3) is 0.333. The maximum absolute atomic E-state index is 11.5. The highest BCUT2D eigenvalue weighted by molar-refractivity contribution is 7.48. The van der Waals surface area contributed by atoms with Gasteiger partial charge in [-0.05, 0) is 25.5 Å². The third-order valence-corrected chi connectivity index (χ3v) is 3.26. The Labute approximate surface area is 88.1 Å². The summed E-state index contributed by atoms with van der Waals surface area (Å²) in [5, 5.41) is 10.9. The predicted octanol–water partition coefficient (Wildman–Crippen LogP) is 2.04. The first-order valence-corrected chi connectivity index (χ1v) is 5.80. The van der Waals surface area contributed by atoms with Crippen molar-refractivity contribution in [3.8, 4) is 0 Å². The van der Waals surface area contributed by atoms with Crippen LogP contribution in [0.5, 0.6) is 0 Å². The molecule has 1 atom stereocenters. The smallest absolute Gasteiger partial charge is 0.282 e. The van der Waals surface area contributed by atoms with Crippen molar-refractivity contribution in [3.63, 3.8) is 0 Å². The van der Waals surface area contributed by atoms with Gasteiger partial charge in [-0.1, -0.05) is 6.07 Å². The summed E-state index contributed by atoms with van der Waals surface area (Å²) in [7, 11) is -2.50. The van der Waals surface area contributed by atoms with Crippen LogP contribution in [-0.2, 0) is 9.09 Å². The lowest BCUT2D eigenvalue weighted by Gasteiger charge is -2.03. The summed E-state index contributed by atoms with van der Waals surface area (Å²) < 4.78 is 16.4. The zero-order valence-electron chi connectivity index (χ0n) is 8.52. The minimum atomic E-state index is -2.50. The van der Waals surface area contributed by atoms with E-state index in [4.69, 9.17) is 4.52 Å². The summed E-state index contributed by atoms with van der Waals surface area (Å²) >= 11 is 0. The van der Waals surface area contributed by atoms with E-state index in [0.717, 1.165) is 5.56 Å². The molecule has 0 aliphatic carbocycles. The molecule has 0 amide bonds. The Morgan fingerprint density at radius 1 is 1.53 bits per heavy atom. The standard InChI is InChI=1S/C9H12NO4P/c1-3-14-15(13)9-5-4-7(2)6-8(9)10(11)12/h4-6,15H,3H2,1-2H3. The normalized spacial score (nSPS) is 12.4. The van der Waals surface area contributed by atoms with Gasteiger partial charge in [0, 0.05) is 6.07 Å². The molecule has 0 bridgehead atoms. The van der Waals surface area contributed by atoms with Gasteiger partial charge in [-0.3, -0.25) is 14.7 Å². The average molecular weight is 229 g/mol. The molecule has 0 aliphatic rings. The van der Waals surface area contributed by atoms with Gasteiger partial charge >= 0.3 is 0 Å². The Bertz CT molecular complexity index is 405. The summed E-state index contributed by atoms with van der Waals surface area (Å²) in [6.07, 6.45) is 0. The van der Waals surface area contributed by atoms with E-state index in [2.05, 4.69) is 0 Å². The fourth-order valence-corrected chi connectivity index (χ4v) is 2.18. The van der Waals surface area contributed by atoms with Gasteiger partial charge < -0.3 is 4.52 Å². The first kappa shape index (κ1) is 11.9. The quantitative estimate of drug-likeness (QED) is 0.450. The van der Waals surface area contributed by atoms with Crippen LogP contribution in [0.25, 0.3) is 0 Å². The van der Waals surface area contributed by atoms with Crippen LogP contribution in [0, 0.1) is 17.0 Å². The van der Waals surface area contributed by atoms with Crippen LogP contribution in [0.3, 0.4) is 0 Å². The van der Waals surface area contributed by atoms with Gasteiger partial charge in [0.2, 0.25) is 8.03 Å². The van der Waals surface area contributed by atoms with E-state index in [0.29, 0.717) is 0 Å². The minimum Gasteiger partial charge on any atom is -0.327 e. The summed E-state index contributed by atoms with van der Waals surface area (Å²) in [4.78, 5) is 10.2. The van der Waals surface area contributed by atoms with E-state index in [1.54, 1.807) is 19.9 Å². The highest BCUT2D eigenvalue weighted by atomic mass is 31.1. The zero-order chi connectivity index (χ0) is 11.4. The molecule has 1 aromatic rings. The number of nitro groups is 1. The van der Waals surface area contributed by atoms with Crippen molar-refractivity contribution in [3.05, 3.63) is 33.9 Å². The van der Waals surface area contributed by atoms with Crippen molar-refractivity contribution in [1.82, 2.24) is 0 Å². The molecule has 1 unspecified atom stereocenters. The molecular weight excluding hydrogens is 217 g/mol. The van der Waals surface area contributed by atoms with Crippen LogP contribution in [-0.4, -0.2) is 11.5 Å². The fourth-order valence-electron chi connectivity index (χ4n) is 1.17. The molecule has 0 heterocycles. The second-order valence-electron chi connectivity index (χ2n) is 3.00. The highest BCUT2D eigenvalue weighted by Gasteiger charge is 2.18. The number of rotatable bonds is 4. The lowest BCUT2D eigenvalue weighted by atomic mass is 10.2. The summed E-state index contributed by atoms with van der Waals surface area (Å²) in [6.45, 7) is 3.72. The lowest BCUT2D eigenvalue weighted by Crippen LogP contribution is -2.06. The number of hydrogen-bond donors (Lipinski definition) is 0. The largest absolute Gasteiger partial charge is 0.327 e. The monoisotopic (exact) mass is 229 g/mol. The van der Waals surface area contributed by atoms with E-state index in [1.807, 2.05) is 0 Å². The summed E-state index contributed by atoms with van der Waals surface area (Å²) in [5.74, 6) is 0. The molecule has 0 saturated carbocycles. The van der Waals surface area contributed by atoms with Crippen molar-refractivity contribution < 1.29 is 14.0 Å². The Balaban J connectivity index is 3.17. The molecule has 0 spiro atoms. The SMILES string of the molecule is CCO[PH](=O)c1ccc(C)cc1[N+](=O)[O-]. The Hall–Kier alpha value is -1.19. The van der Waals surface area contributed by atoms with Gasteiger partial charge in [0.1, 0.15) is 5.30 Å². The average Bonchev–Trinajstić information content (AvgIpc) is 2.17. The van der Waals surface area contributed by atoms with E-state index in [1.165, 1.54) is 12.1 Å². The Kier molecular flexibility index (Phi) is 4.00. The first-order chi connectivity index (χ1) is 7.06. The molecule has 15 heavy (non-hydrogen) atoms. The van der Waals surface area contributed by atoms with Crippen LogP contribution >= 0.6 is 8.03 Å². The van der Waals surface area contributed by atoms with Crippen molar-refractivity contribution >= 4 is 19.0 Å². The molecule has 0 fully saturated rings. The molecule has 5 nitrogen and oxygen atoms in total. The molecule has 82 valence electrons. The van der Waals surface area contributed by atoms with Crippen molar-refractivity contribution in [2.75, 3.05) is 6.61 Å². The molecule has 1 aromatic carbocycles. The van der Waals surface area contributed by atoms with E-state index < -0.39 is 13.0 Å². The number of nitrogens with zero attached hydrogens (tertiary/aromatic N) is 1. The molecule has 0 aliphatic heterocycles. The minimum absolute atomic E-state index is 0.132. The van der Waals surface area contributed by atoms with Crippen LogP contribution in [0.15, 0.2) is 18.2 Å². The van der Waals surface area contributed by atoms with Crippen LogP contribution < -0.4 is 5.30 Å². The topological polar surface area (TPSA) is 69.4 Å². The van der Waals surface area contributed by atoms with Gasteiger partial charge in [-0.2, -0.15) is 0 Å². The van der Waals surface area contributed by atoms with Crippen LogP contribution in [0.4, 0.5) is 5.69 Å². The molecular formula is C9H12NO4P. The van der Waals surface area contributed by atoms with Gasteiger partial charge in [-0.25, -0.2) is 0 Å². The number of nitro benzene ring substituents is 1. The predicted molar refractivity (Wildman–Crippen MR) is 58.1 cm³/mol. The molecule has 1 rings (SSSR count). The van der Waals surface area contributed by atoms with Crippen molar-refractivity contribution in [1.29, 1.82) is 0 Å². The summed E-state index contributed by atoms with van der Waals surface area (Å²) in [6, 6.07) is 4.57. The van der Waals surface area contributed by atoms with Crippen molar-refractivity contribution in [2.24, 2.45) is 0 Å². The Morgan fingerprint density at radius 3 is 2.73 bits per heavy atom. The van der Waals surface area contributed by atoms with E-state index >= 15 is 0 Å².